The summed E-state index contributed by atoms with van der Waals surface area (Å²) in [4.78, 5) is 13.6. The summed E-state index contributed by atoms with van der Waals surface area (Å²) in [5, 5.41) is 0.342. The second-order valence-corrected chi connectivity index (χ2v) is 7.83. The molecule has 0 atom stereocenters. The van der Waals surface area contributed by atoms with Gasteiger partial charge in [-0.3, -0.25) is 9.52 Å². The molecule has 0 heterocycles. The fraction of sp³-hybridized carbons (Fsp3) is 0.235. The molecular weight excluding hydrogens is 348 g/mol. The standard InChI is InChI=1S/C17H19ClN2O3S/c1-11-5-7-13(17(21)20(3)4)9-15(11)19-24(22,23)16-10-14(18)8-6-12(16)2/h5-10,19H,1-4H3. The quantitative estimate of drug-likeness (QED) is 0.901. The lowest BCUT2D eigenvalue weighted by molar-refractivity contribution is 0.0827. The molecule has 0 aromatic heterocycles. The number of hydrogen-bond acceptors (Lipinski definition) is 3. The van der Waals surface area contributed by atoms with E-state index in [1.807, 2.05) is 0 Å². The van der Waals surface area contributed by atoms with Crippen molar-refractivity contribution in [2.75, 3.05) is 18.8 Å². The first-order chi connectivity index (χ1) is 11.1. The molecule has 0 bridgehead atoms. The number of anilines is 1. The Morgan fingerprint density at radius 1 is 1.04 bits per heavy atom. The number of sulfonamides is 1. The van der Waals surface area contributed by atoms with Gasteiger partial charge in [0.1, 0.15) is 0 Å². The molecule has 2 rings (SSSR count). The molecule has 0 aliphatic rings. The van der Waals surface area contributed by atoms with Gasteiger partial charge < -0.3 is 4.90 Å². The van der Waals surface area contributed by atoms with Crippen LogP contribution in [0.1, 0.15) is 21.5 Å². The van der Waals surface area contributed by atoms with Crippen LogP contribution in [0, 0.1) is 13.8 Å². The molecule has 0 fully saturated rings. The fourth-order valence-corrected chi connectivity index (χ4v) is 3.82. The van der Waals surface area contributed by atoms with Crippen molar-refractivity contribution in [3.63, 3.8) is 0 Å². The van der Waals surface area contributed by atoms with Crippen LogP contribution in [0.3, 0.4) is 0 Å². The van der Waals surface area contributed by atoms with Gasteiger partial charge in [-0.2, -0.15) is 0 Å². The van der Waals surface area contributed by atoms with E-state index in [2.05, 4.69) is 4.72 Å². The molecule has 0 unspecified atom stereocenters. The zero-order chi connectivity index (χ0) is 18.1. The van der Waals surface area contributed by atoms with Gasteiger partial charge in [0, 0.05) is 24.7 Å². The number of benzene rings is 2. The van der Waals surface area contributed by atoms with Gasteiger partial charge in [0.05, 0.1) is 10.6 Å². The average molecular weight is 367 g/mol. The molecule has 0 saturated carbocycles. The molecular formula is C17H19ClN2O3S. The van der Waals surface area contributed by atoms with Crippen LogP contribution in [0.25, 0.3) is 0 Å². The van der Waals surface area contributed by atoms with Crippen LogP contribution in [0.5, 0.6) is 0 Å². The minimum atomic E-state index is -3.81. The van der Waals surface area contributed by atoms with Crippen LogP contribution in [0.2, 0.25) is 5.02 Å². The highest BCUT2D eigenvalue weighted by Gasteiger charge is 2.19. The van der Waals surface area contributed by atoms with Crippen LogP contribution < -0.4 is 4.72 Å². The summed E-state index contributed by atoms with van der Waals surface area (Å²) in [6.45, 7) is 3.47. The van der Waals surface area contributed by atoms with E-state index in [0.29, 0.717) is 27.4 Å². The maximum atomic E-state index is 12.7. The Hall–Kier alpha value is -2.05. The van der Waals surface area contributed by atoms with Crippen LogP contribution in [-0.4, -0.2) is 33.3 Å². The van der Waals surface area contributed by atoms with Gasteiger partial charge in [0.15, 0.2) is 0 Å². The summed E-state index contributed by atoms with van der Waals surface area (Å²) >= 11 is 5.92. The Bertz CT molecular complexity index is 893. The fourth-order valence-electron chi connectivity index (χ4n) is 2.19. The van der Waals surface area contributed by atoms with Crippen molar-refractivity contribution in [2.24, 2.45) is 0 Å². The monoisotopic (exact) mass is 366 g/mol. The van der Waals surface area contributed by atoms with E-state index in [4.69, 9.17) is 11.6 Å². The summed E-state index contributed by atoms with van der Waals surface area (Å²) in [6, 6.07) is 9.60. The van der Waals surface area contributed by atoms with Gasteiger partial charge in [-0.05, 0) is 49.2 Å². The lowest BCUT2D eigenvalue weighted by Gasteiger charge is -2.15. The van der Waals surface area contributed by atoms with Crippen LogP contribution >= 0.6 is 11.6 Å². The number of aryl methyl sites for hydroxylation is 2. The Morgan fingerprint density at radius 2 is 1.67 bits per heavy atom. The predicted molar refractivity (Wildman–Crippen MR) is 96.2 cm³/mol. The number of amides is 1. The Kier molecular flexibility index (Phi) is 5.20. The van der Waals surface area contributed by atoms with Gasteiger partial charge in [0.2, 0.25) is 0 Å². The van der Waals surface area contributed by atoms with Crippen molar-refractivity contribution in [3.05, 3.63) is 58.1 Å². The zero-order valence-corrected chi connectivity index (χ0v) is 15.5. The minimum Gasteiger partial charge on any atom is -0.345 e. The highest BCUT2D eigenvalue weighted by molar-refractivity contribution is 7.92. The largest absolute Gasteiger partial charge is 0.345 e. The van der Waals surface area contributed by atoms with Crippen molar-refractivity contribution < 1.29 is 13.2 Å². The average Bonchev–Trinajstić information content (AvgIpc) is 2.50. The Morgan fingerprint density at radius 3 is 2.29 bits per heavy atom. The summed E-state index contributed by atoms with van der Waals surface area (Å²) in [7, 11) is -0.531. The number of nitrogens with one attached hydrogen (secondary N) is 1. The van der Waals surface area contributed by atoms with Gasteiger partial charge in [-0.25, -0.2) is 8.42 Å². The van der Waals surface area contributed by atoms with Crippen molar-refractivity contribution in [2.45, 2.75) is 18.7 Å². The first-order valence-corrected chi connectivity index (χ1v) is 9.09. The van der Waals surface area contributed by atoms with Crippen LogP contribution in [-0.2, 0) is 10.0 Å². The SMILES string of the molecule is Cc1ccc(C(=O)N(C)C)cc1NS(=O)(=O)c1cc(Cl)ccc1C. The van der Waals surface area contributed by atoms with Gasteiger partial charge in [-0.15, -0.1) is 0 Å². The number of carbonyl (C=O) groups is 1. The van der Waals surface area contributed by atoms with E-state index >= 15 is 0 Å². The molecule has 1 amide bonds. The Labute approximate surface area is 147 Å². The maximum Gasteiger partial charge on any atom is 0.262 e. The van der Waals surface area contributed by atoms with Crippen molar-refractivity contribution in [1.82, 2.24) is 4.90 Å². The van der Waals surface area contributed by atoms with Crippen molar-refractivity contribution in [1.29, 1.82) is 0 Å². The highest BCUT2D eigenvalue weighted by Crippen LogP contribution is 2.25. The third kappa shape index (κ3) is 3.88. The number of halogens is 1. The van der Waals surface area contributed by atoms with E-state index in [-0.39, 0.29) is 10.8 Å². The first-order valence-electron chi connectivity index (χ1n) is 7.23. The second kappa shape index (κ2) is 6.83. The summed E-state index contributed by atoms with van der Waals surface area (Å²) in [6.07, 6.45) is 0. The molecule has 2 aromatic rings. The smallest absolute Gasteiger partial charge is 0.262 e. The molecule has 5 nitrogen and oxygen atoms in total. The third-order valence-corrected chi connectivity index (χ3v) is 5.32. The molecule has 0 aliphatic carbocycles. The molecule has 128 valence electrons. The predicted octanol–water partition coefficient (Wildman–Crippen LogP) is 3.46. The zero-order valence-electron chi connectivity index (χ0n) is 13.9. The Balaban J connectivity index is 2.44. The summed E-state index contributed by atoms with van der Waals surface area (Å²) < 4.78 is 27.9. The van der Waals surface area contributed by atoms with E-state index in [0.717, 1.165) is 0 Å². The minimum absolute atomic E-state index is 0.110. The molecule has 24 heavy (non-hydrogen) atoms. The maximum absolute atomic E-state index is 12.7. The number of carbonyl (C=O) groups excluding carboxylic acids is 1. The lowest BCUT2D eigenvalue weighted by atomic mass is 10.1. The highest BCUT2D eigenvalue weighted by atomic mass is 35.5. The van der Waals surface area contributed by atoms with Gasteiger partial charge in [-0.1, -0.05) is 23.7 Å². The van der Waals surface area contributed by atoms with Crippen molar-refractivity contribution >= 4 is 33.2 Å². The number of rotatable bonds is 4. The molecule has 2 aromatic carbocycles. The molecule has 0 spiro atoms. The second-order valence-electron chi connectivity index (χ2n) is 5.74. The molecule has 1 N–H and O–H groups in total. The number of nitrogens with zero attached hydrogens (tertiary/aromatic N) is 1. The molecule has 0 radical (unpaired) electrons. The van der Waals surface area contributed by atoms with E-state index in [1.165, 1.54) is 17.0 Å². The molecule has 0 saturated heterocycles. The van der Waals surface area contributed by atoms with Crippen LogP contribution in [0.15, 0.2) is 41.3 Å². The van der Waals surface area contributed by atoms with Crippen LogP contribution in [0.4, 0.5) is 5.69 Å². The topological polar surface area (TPSA) is 66.5 Å². The number of hydrogen-bond donors (Lipinski definition) is 1. The summed E-state index contributed by atoms with van der Waals surface area (Å²) in [5.74, 6) is -0.200. The van der Waals surface area contributed by atoms with E-state index in [9.17, 15) is 13.2 Å². The lowest BCUT2D eigenvalue weighted by Crippen LogP contribution is -2.22. The normalized spacial score (nSPS) is 11.2. The van der Waals surface area contributed by atoms with Gasteiger partial charge >= 0.3 is 0 Å². The van der Waals surface area contributed by atoms with Crippen molar-refractivity contribution in [3.8, 4) is 0 Å². The first kappa shape index (κ1) is 18.3. The third-order valence-electron chi connectivity index (χ3n) is 3.57. The molecule has 7 heteroatoms. The van der Waals surface area contributed by atoms with E-state index in [1.54, 1.807) is 52.2 Å². The van der Waals surface area contributed by atoms with E-state index < -0.39 is 10.0 Å². The van der Waals surface area contributed by atoms with Gasteiger partial charge in [0.25, 0.3) is 15.9 Å². The summed E-state index contributed by atoms with van der Waals surface area (Å²) in [5.41, 5.74) is 2.08. The molecule has 0 aliphatic heterocycles.